The average molecular weight is 422 g/mol. The lowest BCUT2D eigenvalue weighted by Crippen LogP contribution is -1.88. The van der Waals surface area contributed by atoms with E-state index in [1.165, 1.54) is 23.5 Å². The minimum Gasteiger partial charge on any atom is -0.424 e. The second-order valence-corrected chi connectivity index (χ2v) is 7.32. The smallest absolute Gasteiger partial charge is 0.223 e. The van der Waals surface area contributed by atoms with Gasteiger partial charge < -0.3 is 4.42 Å². The van der Waals surface area contributed by atoms with Gasteiger partial charge in [-0.3, -0.25) is 0 Å². The van der Waals surface area contributed by atoms with E-state index in [4.69, 9.17) is 4.42 Å². The van der Waals surface area contributed by atoms with Gasteiger partial charge in [-0.05, 0) is 45.8 Å². The van der Waals surface area contributed by atoms with Crippen LogP contribution in [0.25, 0.3) is 10.2 Å². The number of hydrogen-bond acceptors (Lipinski definition) is 5. The topological polar surface area (TPSA) is 51.8 Å². The third-order valence-electron chi connectivity index (χ3n) is 3.57. The molecular weight excluding hydrogens is 412 g/mol. The predicted molar refractivity (Wildman–Crippen MR) is 93.6 cm³/mol. The summed E-state index contributed by atoms with van der Waals surface area (Å²) in [6, 6.07) is 9.52. The molecule has 8 heteroatoms. The first kappa shape index (κ1) is 16.3. The Morgan fingerprint density at radius 2 is 1.68 bits per heavy atom. The molecule has 4 rings (SSSR count). The van der Waals surface area contributed by atoms with Crippen LogP contribution < -0.4 is 0 Å². The number of fused-ring (bicyclic) bond motifs is 1. The number of nitrogens with zero attached hydrogens (tertiary/aromatic N) is 3. The Hall–Kier alpha value is -2.19. The molecule has 0 aliphatic rings. The fraction of sp³-hybridized carbons (Fsp3) is 0.118. The molecule has 0 aliphatic carbocycles. The molecule has 0 saturated carbocycles. The minimum atomic E-state index is -0.316. The zero-order valence-corrected chi connectivity index (χ0v) is 15.1. The third kappa shape index (κ3) is 3.45. The summed E-state index contributed by atoms with van der Waals surface area (Å²) in [6.07, 6.45) is 0.765. The second-order valence-electron chi connectivity index (χ2n) is 5.39. The van der Waals surface area contributed by atoms with Gasteiger partial charge in [-0.1, -0.05) is 12.1 Å². The molecule has 0 spiro atoms. The van der Waals surface area contributed by atoms with Crippen LogP contribution in [0, 0.1) is 11.6 Å². The Kier molecular flexibility index (Phi) is 4.30. The number of thiazole rings is 1. The van der Waals surface area contributed by atoms with Crippen LogP contribution in [0.4, 0.5) is 8.78 Å². The summed E-state index contributed by atoms with van der Waals surface area (Å²) in [4.78, 5) is 4.40. The zero-order chi connectivity index (χ0) is 17.4. The molecule has 2 aromatic heterocycles. The number of benzene rings is 2. The van der Waals surface area contributed by atoms with Crippen molar-refractivity contribution < 1.29 is 13.2 Å². The van der Waals surface area contributed by atoms with Gasteiger partial charge in [-0.25, -0.2) is 13.8 Å². The second kappa shape index (κ2) is 6.61. The monoisotopic (exact) mass is 421 g/mol. The summed E-state index contributed by atoms with van der Waals surface area (Å²) >= 11 is 4.43. The summed E-state index contributed by atoms with van der Waals surface area (Å²) in [5.41, 5.74) is 1.48. The van der Waals surface area contributed by atoms with E-state index >= 15 is 0 Å². The highest BCUT2D eigenvalue weighted by Gasteiger charge is 2.14. The van der Waals surface area contributed by atoms with E-state index in [9.17, 15) is 8.78 Å². The first-order valence-electron chi connectivity index (χ1n) is 7.37. The summed E-state index contributed by atoms with van der Waals surface area (Å²) in [5, 5.41) is 8.71. The zero-order valence-electron chi connectivity index (χ0n) is 12.7. The molecule has 2 heterocycles. The first-order valence-corrected chi connectivity index (χ1v) is 8.98. The van der Waals surface area contributed by atoms with Crippen molar-refractivity contribution in [2.45, 2.75) is 12.8 Å². The summed E-state index contributed by atoms with van der Waals surface area (Å²) in [5.74, 6) is 0.251. The molecule has 0 atom stereocenters. The van der Waals surface area contributed by atoms with E-state index in [0.29, 0.717) is 44.3 Å². The minimum absolute atomic E-state index is 0.287. The van der Waals surface area contributed by atoms with E-state index in [2.05, 4.69) is 31.1 Å². The Bertz CT molecular complexity index is 1050. The molecule has 0 radical (unpaired) electrons. The van der Waals surface area contributed by atoms with Crippen LogP contribution in [-0.2, 0) is 12.8 Å². The lowest BCUT2D eigenvalue weighted by Gasteiger charge is -1.96. The van der Waals surface area contributed by atoms with Crippen LogP contribution in [0.3, 0.4) is 0 Å². The Balaban J connectivity index is 1.53. The number of aromatic nitrogens is 3. The molecule has 0 amide bonds. The van der Waals surface area contributed by atoms with E-state index < -0.39 is 0 Å². The van der Waals surface area contributed by atoms with Gasteiger partial charge in [0, 0.05) is 0 Å². The van der Waals surface area contributed by atoms with Crippen molar-refractivity contribution in [1.82, 2.24) is 15.2 Å². The standard InChI is InChI=1S/C17H10BrF2N3OS/c18-11-5-6-12-17(16(11)20)25-15(21-12)8-14-23-22-13(24-14)7-9-1-3-10(19)4-2-9/h1-6H,7-8H2. The number of rotatable bonds is 4. The lowest BCUT2D eigenvalue weighted by molar-refractivity contribution is 0.466. The van der Waals surface area contributed by atoms with Crippen LogP contribution in [0.2, 0.25) is 0 Å². The Labute approximate surface area is 153 Å². The molecule has 4 nitrogen and oxygen atoms in total. The van der Waals surface area contributed by atoms with Crippen LogP contribution in [0.5, 0.6) is 0 Å². The molecule has 25 heavy (non-hydrogen) atoms. The molecular formula is C17H10BrF2N3OS. The summed E-state index contributed by atoms with van der Waals surface area (Å²) < 4.78 is 33.5. The molecule has 2 aromatic carbocycles. The lowest BCUT2D eigenvalue weighted by atomic mass is 10.1. The van der Waals surface area contributed by atoms with Crippen molar-refractivity contribution >= 4 is 37.5 Å². The average Bonchev–Trinajstić information content (AvgIpc) is 3.21. The van der Waals surface area contributed by atoms with Crippen LogP contribution in [0.15, 0.2) is 45.3 Å². The summed E-state index contributed by atoms with van der Waals surface area (Å²) in [7, 11) is 0. The highest BCUT2D eigenvalue weighted by atomic mass is 79.9. The van der Waals surface area contributed by atoms with Crippen LogP contribution in [-0.4, -0.2) is 15.2 Å². The van der Waals surface area contributed by atoms with Crippen molar-refractivity contribution in [1.29, 1.82) is 0 Å². The van der Waals surface area contributed by atoms with E-state index in [-0.39, 0.29) is 11.6 Å². The van der Waals surface area contributed by atoms with Gasteiger partial charge in [0.05, 0.1) is 27.5 Å². The Morgan fingerprint density at radius 1 is 0.960 bits per heavy atom. The molecule has 0 N–H and O–H groups in total. The van der Waals surface area contributed by atoms with Crippen molar-refractivity contribution in [2.75, 3.05) is 0 Å². The quantitative estimate of drug-likeness (QED) is 0.470. The molecule has 0 bridgehead atoms. The maximum absolute atomic E-state index is 14.1. The van der Waals surface area contributed by atoms with Gasteiger partial charge in [0.25, 0.3) is 0 Å². The van der Waals surface area contributed by atoms with Crippen LogP contribution >= 0.6 is 27.3 Å². The van der Waals surface area contributed by atoms with Gasteiger partial charge in [0.1, 0.15) is 10.8 Å². The molecule has 0 saturated heterocycles. The van der Waals surface area contributed by atoms with E-state index in [0.717, 1.165) is 5.56 Å². The van der Waals surface area contributed by atoms with Gasteiger partial charge >= 0.3 is 0 Å². The highest BCUT2D eigenvalue weighted by molar-refractivity contribution is 9.10. The van der Waals surface area contributed by atoms with E-state index in [1.54, 1.807) is 24.3 Å². The van der Waals surface area contributed by atoms with Crippen molar-refractivity contribution in [2.24, 2.45) is 0 Å². The SMILES string of the molecule is Fc1ccc(Cc2nnc(Cc3nc4ccc(Br)c(F)c4s3)o2)cc1. The van der Waals surface area contributed by atoms with Gasteiger partial charge in [0.2, 0.25) is 11.8 Å². The Morgan fingerprint density at radius 3 is 2.44 bits per heavy atom. The number of halogens is 3. The fourth-order valence-corrected chi connectivity index (χ4v) is 3.85. The maximum Gasteiger partial charge on any atom is 0.223 e. The van der Waals surface area contributed by atoms with Crippen LogP contribution in [0.1, 0.15) is 22.4 Å². The van der Waals surface area contributed by atoms with E-state index in [1.807, 2.05) is 0 Å². The highest BCUT2D eigenvalue weighted by Crippen LogP contribution is 2.30. The van der Waals surface area contributed by atoms with Crippen molar-refractivity contribution in [3.63, 3.8) is 0 Å². The van der Waals surface area contributed by atoms with Gasteiger partial charge in [-0.2, -0.15) is 0 Å². The van der Waals surface area contributed by atoms with Crippen molar-refractivity contribution in [3.05, 3.63) is 74.9 Å². The fourth-order valence-electron chi connectivity index (χ4n) is 2.40. The molecule has 0 fully saturated rings. The largest absolute Gasteiger partial charge is 0.424 e. The molecule has 0 aliphatic heterocycles. The van der Waals surface area contributed by atoms with Crippen molar-refractivity contribution in [3.8, 4) is 0 Å². The summed E-state index contributed by atoms with van der Waals surface area (Å²) in [6.45, 7) is 0. The molecule has 0 unspecified atom stereocenters. The van der Waals surface area contributed by atoms with Gasteiger partial charge in [0.15, 0.2) is 5.82 Å². The first-order chi connectivity index (χ1) is 12.1. The molecule has 126 valence electrons. The maximum atomic E-state index is 14.1. The normalized spacial score (nSPS) is 11.3. The van der Waals surface area contributed by atoms with Gasteiger partial charge in [-0.15, -0.1) is 21.5 Å². The number of hydrogen-bond donors (Lipinski definition) is 0. The molecule has 4 aromatic rings. The third-order valence-corrected chi connectivity index (χ3v) is 5.25. The predicted octanol–water partition coefficient (Wildman–Crippen LogP) is 4.90.